The second kappa shape index (κ2) is 5.97. The van der Waals surface area contributed by atoms with Gasteiger partial charge in [0.25, 0.3) is 0 Å². The summed E-state index contributed by atoms with van der Waals surface area (Å²) in [6.07, 6.45) is 1.49. The Hall–Kier alpha value is -1.40. The fourth-order valence-electron chi connectivity index (χ4n) is 1.65. The van der Waals surface area contributed by atoms with E-state index in [-0.39, 0.29) is 16.7 Å². The van der Waals surface area contributed by atoms with E-state index in [1.54, 1.807) is 12.1 Å². The lowest BCUT2D eigenvalue weighted by Crippen LogP contribution is -2.22. The van der Waals surface area contributed by atoms with Gasteiger partial charge >= 0.3 is 0 Å². The second-order valence-corrected chi connectivity index (χ2v) is 5.64. The number of benzene rings is 1. The van der Waals surface area contributed by atoms with Crippen LogP contribution in [0.25, 0.3) is 0 Å². The number of hydrogen-bond acceptors (Lipinski definition) is 3. The number of carbonyl (C=O) groups excluding carboxylic acids is 1. The number of amides is 1. The molecule has 18 heavy (non-hydrogen) atoms. The third-order valence-corrected chi connectivity index (χ3v) is 3.70. The normalized spacial score (nSPS) is 11.6. The number of carbonyl (C=O) groups is 1. The Kier molecular flexibility index (Phi) is 4.86. The molecule has 0 spiro atoms. The van der Waals surface area contributed by atoms with E-state index >= 15 is 0 Å². The molecule has 0 heterocycles. The number of sulfonamides is 1. The van der Waals surface area contributed by atoms with Gasteiger partial charge in [-0.25, -0.2) is 13.6 Å². The molecule has 0 aliphatic heterocycles. The molecule has 0 aliphatic rings. The molecule has 0 unspecified atom stereocenters. The van der Waals surface area contributed by atoms with Crippen LogP contribution in [0.15, 0.2) is 29.2 Å². The first-order chi connectivity index (χ1) is 8.38. The van der Waals surface area contributed by atoms with Crippen LogP contribution in [0.1, 0.15) is 26.7 Å². The van der Waals surface area contributed by atoms with Crippen LogP contribution in [0.3, 0.4) is 0 Å². The highest BCUT2D eigenvalue weighted by molar-refractivity contribution is 7.89. The Labute approximate surface area is 107 Å². The van der Waals surface area contributed by atoms with Crippen LogP contribution in [0.4, 0.5) is 5.69 Å². The number of rotatable bonds is 5. The molecule has 0 saturated heterocycles. The number of nitrogens with one attached hydrogen (secondary N) is 1. The van der Waals surface area contributed by atoms with Crippen molar-refractivity contribution in [3.63, 3.8) is 0 Å². The number of primary sulfonamides is 1. The zero-order valence-corrected chi connectivity index (χ0v) is 11.3. The second-order valence-electron chi connectivity index (χ2n) is 4.08. The highest BCUT2D eigenvalue weighted by Gasteiger charge is 2.15. The summed E-state index contributed by atoms with van der Waals surface area (Å²) >= 11 is 0. The first kappa shape index (κ1) is 14.7. The Morgan fingerprint density at radius 3 is 2.44 bits per heavy atom. The van der Waals surface area contributed by atoms with Gasteiger partial charge in [-0.2, -0.15) is 0 Å². The highest BCUT2D eigenvalue weighted by atomic mass is 32.2. The van der Waals surface area contributed by atoms with Gasteiger partial charge in [-0.1, -0.05) is 19.9 Å². The van der Waals surface area contributed by atoms with Gasteiger partial charge in [0.15, 0.2) is 0 Å². The number of nitrogens with two attached hydrogens (primary N) is 1. The monoisotopic (exact) mass is 270 g/mol. The van der Waals surface area contributed by atoms with Gasteiger partial charge in [0, 0.05) is 11.6 Å². The Morgan fingerprint density at radius 1 is 1.33 bits per heavy atom. The summed E-state index contributed by atoms with van der Waals surface area (Å²) in [7, 11) is -3.74. The molecule has 0 saturated carbocycles. The summed E-state index contributed by atoms with van der Waals surface area (Å²) in [5.74, 6) is -0.172. The van der Waals surface area contributed by atoms with Crippen molar-refractivity contribution in [2.24, 2.45) is 11.1 Å². The van der Waals surface area contributed by atoms with Gasteiger partial charge in [0.1, 0.15) is 0 Å². The Bertz CT molecular complexity index is 522. The minimum Gasteiger partial charge on any atom is -0.326 e. The maximum atomic E-state index is 11.8. The molecule has 0 aliphatic carbocycles. The van der Waals surface area contributed by atoms with Gasteiger partial charge in [0.2, 0.25) is 15.9 Å². The molecule has 0 fully saturated rings. The van der Waals surface area contributed by atoms with Crippen LogP contribution in [-0.4, -0.2) is 14.3 Å². The molecule has 0 bridgehead atoms. The standard InChI is InChI=1S/C12H18N2O3S/c1-3-9(4-2)12(15)14-10-6-5-7-11(8-10)18(13,16)17/h5-9H,3-4H2,1-2H3,(H,14,15)(H2,13,16,17). The van der Waals surface area contributed by atoms with Crippen molar-refractivity contribution in [3.8, 4) is 0 Å². The van der Waals surface area contributed by atoms with E-state index in [1.165, 1.54) is 12.1 Å². The third kappa shape index (κ3) is 3.82. The van der Waals surface area contributed by atoms with Crippen molar-refractivity contribution in [3.05, 3.63) is 24.3 Å². The lowest BCUT2D eigenvalue weighted by molar-refractivity contribution is -0.120. The van der Waals surface area contributed by atoms with Crippen molar-refractivity contribution in [1.82, 2.24) is 0 Å². The van der Waals surface area contributed by atoms with E-state index in [4.69, 9.17) is 5.14 Å². The third-order valence-electron chi connectivity index (χ3n) is 2.79. The number of hydrogen-bond donors (Lipinski definition) is 2. The topological polar surface area (TPSA) is 89.3 Å². The molecular weight excluding hydrogens is 252 g/mol. The van der Waals surface area contributed by atoms with Crippen LogP contribution in [0.5, 0.6) is 0 Å². The lowest BCUT2D eigenvalue weighted by atomic mass is 10.0. The number of anilines is 1. The molecule has 1 rings (SSSR count). The average Bonchev–Trinajstić information content (AvgIpc) is 2.29. The molecule has 100 valence electrons. The van der Waals surface area contributed by atoms with Crippen LogP contribution in [0.2, 0.25) is 0 Å². The largest absolute Gasteiger partial charge is 0.326 e. The van der Waals surface area contributed by atoms with Crippen molar-refractivity contribution in [1.29, 1.82) is 0 Å². The summed E-state index contributed by atoms with van der Waals surface area (Å²) < 4.78 is 22.4. The zero-order chi connectivity index (χ0) is 13.8. The van der Waals surface area contributed by atoms with E-state index in [9.17, 15) is 13.2 Å². The van der Waals surface area contributed by atoms with Gasteiger partial charge in [-0.15, -0.1) is 0 Å². The Balaban J connectivity index is 2.89. The Morgan fingerprint density at radius 2 is 1.94 bits per heavy atom. The minimum absolute atomic E-state index is 0.00940. The molecule has 5 nitrogen and oxygen atoms in total. The molecule has 6 heteroatoms. The quantitative estimate of drug-likeness (QED) is 0.853. The summed E-state index contributed by atoms with van der Waals surface area (Å²) in [4.78, 5) is 11.8. The van der Waals surface area contributed by atoms with E-state index in [0.717, 1.165) is 12.8 Å². The first-order valence-corrected chi connectivity index (χ1v) is 7.36. The molecule has 0 aromatic heterocycles. The first-order valence-electron chi connectivity index (χ1n) is 5.82. The summed E-state index contributed by atoms with van der Waals surface area (Å²) in [6.45, 7) is 3.88. The van der Waals surface area contributed by atoms with Gasteiger partial charge in [-0.3, -0.25) is 4.79 Å². The lowest BCUT2D eigenvalue weighted by Gasteiger charge is -2.13. The van der Waals surface area contributed by atoms with Gasteiger partial charge in [0.05, 0.1) is 4.90 Å². The average molecular weight is 270 g/mol. The highest BCUT2D eigenvalue weighted by Crippen LogP contribution is 2.16. The van der Waals surface area contributed by atoms with Crippen molar-refractivity contribution >= 4 is 21.6 Å². The summed E-state index contributed by atoms with van der Waals surface area (Å²) in [6, 6.07) is 5.93. The molecule has 1 aromatic carbocycles. The van der Waals surface area contributed by atoms with Crippen LogP contribution >= 0.6 is 0 Å². The van der Waals surface area contributed by atoms with Crippen LogP contribution in [-0.2, 0) is 14.8 Å². The minimum atomic E-state index is -3.74. The van der Waals surface area contributed by atoms with Crippen LogP contribution in [0, 0.1) is 5.92 Å². The maximum Gasteiger partial charge on any atom is 0.238 e. The van der Waals surface area contributed by atoms with Gasteiger partial charge in [-0.05, 0) is 31.0 Å². The van der Waals surface area contributed by atoms with Crippen molar-refractivity contribution < 1.29 is 13.2 Å². The summed E-state index contributed by atoms with van der Waals surface area (Å²) in [5, 5.41) is 7.73. The molecule has 1 aromatic rings. The molecule has 0 atom stereocenters. The zero-order valence-electron chi connectivity index (χ0n) is 10.5. The van der Waals surface area contributed by atoms with Crippen molar-refractivity contribution in [2.45, 2.75) is 31.6 Å². The SMILES string of the molecule is CCC(CC)C(=O)Nc1cccc(S(N)(=O)=O)c1. The van der Waals surface area contributed by atoms with E-state index in [2.05, 4.69) is 5.32 Å². The molecule has 0 radical (unpaired) electrons. The molecule has 3 N–H and O–H groups in total. The van der Waals surface area contributed by atoms with Crippen molar-refractivity contribution in [2.75, 3.05) is 5.32 Å². The van der Waals surface area contributed by atoms with E-state index < -0.39 is 10.0 Å². The van der Waals surface area contributed by atoms with E-state index in [0.29, 0.717) is 5.69 Å². The fraction of sp³-hybridized carbons (Fsp3) is 0.417. The van der Waals surface area contributed by atoms with Crippen LogP contribution < -0.4 is 10.5 Å². The van der Waals surface area contributed by atoms with E-state index in [1.807, 2.05) is 13.8 Å². The maximum absolute atomic E-state index is 11.8. The molecule has 1 amide bonds. The predicted octanol–water partition coefficient (Wildman–Crippen LogP) is 1.71. The summed E-state index contributed by atoms with van der Waals surface area (Å²) in [5.41, 5.74) is 0.443. The molecular formula is C12H18N2O3S. The predicted molar refractivity (Wildman–Crippen MR) is 70.5 cm³/mol. The smallest absolute Gasteiger partial charge is 0.238 e. The van der Waals surface area contributed by atoms with Gasteiger partial charge < -0.3 is 5.32 Å². The fourth-order valence-corrected chi connectivity index (χ4v) is 2.21.